The lowest BCUT2D eigenvalue weighted by Gasteiger charge is -2.37. The van der Waals surface area contributed by atoms with Crippen molar-refractivity contribution in [3.05, 3.63) is 259 Å². The summed E-state index contributed by atoms with van der Waals surface area (Å²) in [6.07, 6.45) is 22.5. The Hall–Kier alpha value is -10.1. The van der Waals surface area contributed by atoms with Crippen LogP contribution in [0.1, 0.15) is 108 Å². The van der Waals surface area contributed by atoms with E-state index in [1.54, 1.807) is 121 Å². The van der Waals surface area contributed by atoms with Gasteiger partial charge in [0, 0.05) is 22.3 Å². The molecule has 0 radical (unpaired) electrons. The smallest absolute Gasteiger partial charge is 0.343 e. The van der Waals surface area contributed by atoms with Crippen molar-refractivity contribution < 1.29 is 38.1 Å². The molecule has 0 unspecified atom stereocenters. The van der Waals surface area contributed by atoms with Crippen molar-refractivity contribution in [3.63, 3.8) is 0 Å². The van der Waals surface area contributed by atoms with Crippen LogP contribution in [0.3, 0.4) is 0 Å². The van der Waals surface area contributed by atoms with Gasteiger partial charge in [0.05, 0.1) is 27.7 Å². The average molecular weight is 953 g/mol. The maximum Gasteiger partial charge on any atom is 0.343 e. The number of aryl methyl sites for hydroxylation is 4. The number of hydrogen-bond donors (Lipinski definition) is 0. The molecule has 0 bridgehead atoms. The summed E-state index contributed by atoms with van der Waals surface area (Å²) in [7, 11) is 0. The fourth-order valence-electron chi connectivity index (χ4n) is 8.54. The molecule has 0 aliphatic rings. The zero-order valence-corrected chi connectivity index (χ0v) is 40.2. The van der Waals surface area contributed by atoms with Gasteiger partial charge in [-0.15, -0.1) is 25.7 Å². The van der Waals surface area contributed by atoms with Gasteiger partial charge in [-0.05, 0) is 194 Å². The summed E-state index contributed by atoms with van der Waals surface area (Å²) >= 11 is 0. The van der Waals surface area contributed by atoms with E-state index in [1.807, 2.05) is 76.2 Å². The number of ether oxygens (including phenoxy) is 4. The molecule has 0 amide bonds. The number of terminal acetylenes is 4. The topological polar surface area (TPSA) is 105 Å². The van der Waals surface area contributed by atoms with Crippen molar-refractivity contribution in [1.82, 2.24) is 0 Å². The number of carbonyl (C=O) groups excluding carboxylic acids is 4. The number of hydrogen-bond acceptors (Lipinski definition) is 8. The first kappa shape index (κ1) is 49.3. The van der Waals surface area contributed by atoms with Crippen molar-refractivity contribution in [2.24, 2.45) is 0 Å². The molecule has 8 aromatic carbocycles. The first-order valence-electron chi connectivity index (χ1n) is 22.8. The Morgan fingerprint density at radius 3 is 0.671 bits per heavy atom. The van der Waals surface area contributed by atoms with E-state index in [2.05, 4.69) is 23.7 Å². The van der Waals surface area contributed by atoms with Gasteiger partial charge in [0.15, 0.2) is 0 Å². The minimum absolute atomic E-state index is 0.257. The molecule has 0 aliphatic carbocycles. The van der Waals surface area contributed by atoms with E-state index >= 15 is 0 Å². The molecule has 0 spiro atoms. The van der Waals surface area contributed by atoms with Crippen LogP contribution in [0, 0.1) is 77.1 Å². The molecule has 73 heavy (non-hydrogen) atoms. The van der Waals surface area contributed by atoms with Crippen LogP contribution < -0.4 is 18.9 Å². The summed E-state index contributed by atoms with van der Waals surface area (Å²) in [4.78, 5) is 54.7. The second-order valence-electron chi connectivity index (χ2n) is 17.1. The zero-order valence-electron chi connectivity index (χ0n) is 40.2. The molecule has 352 valence electrons. The van der Waals surface area contributed by atoms with Gasteiger partial charge in [0.25, 0.3) is 0 Å². The van der Waals surface area contributed by atoms with Crippen molar-refractivity contribution in [2.75, 3.05) is 0 Å². The normalized spacial score (nSPS) is 10.6. The molecule has 0 saturated heterocycles. The molecule has 0 saturated carbocycles. The Labute approximate surface area is 424 Å². The molecular weight excluding hydrogens is 909 g/mol. The second kappa shape index (κ2) is 21.3. The fraction of sp³-hybridized carbons (Fsp3) is 0.0769. The molecular formula is C65H44O8. The summed E-state index contributed by atoms with van der Waals surface area (Å²) in [6.45, 7) is 7.34. The van der Waals surface area contributed by atoms with E-state index in [4.69, 9.17) is 44.6 Å². The number of esters is 4. The van der Waals surface area contributed by atoms with Crippen LogP contribution >= 0.6 is 0 Å². The maximum absolute atomic E-state index is 13.7. The Kier molecular flexibility index (Phi) is 14.4. The standard InChI is InChI=1S/C65H44O8/c1-9-45-21-33-57(37-41(45)5)70-61(66)49-13-25-53(26-14-49)65(54-27-15-50(16-28-54)62(67)71-58-34-22-46(10-2)42(6)38-58,55-29-17-51(18-30-55)63(68)72-59-35-23-47(11-3)43(7)39-59)56-31-19-52(20-32-56)64(69)73-60-36-24-48(12-4)44(8)40-60/h1-4,13-40H,5-8H3. The van der Waals surface area contributed by atoms with Crippen LogP contribution in [0.4, 0.5) is 0 Å². The van der Waals surface area contributed by atoms with E-state index in [9.17, 15) is 19.2 Å². The van der Waals surface area contributed by atoms with Crippen LogP contribution in [-0.2, 0) is 5.41 Å². The quantitative estimate of drug-likeness (QED) is 0.0516. The van der Waals surface area contributed by atoms with Crippen LogP contribution in [-0.4, -0.2) is 23.9 Å². The van der Waals surface area contributed by atoms with Crippen molar-refractivity contribution in [1.29, 1.82) is 0 Å². The van der Waals surface area contributed by atoms with Gasteiger partial charge in [-0.1, -0.05) is 72.2 Å². The lowest BCUT2D eigenvalue weighted by molar-refractivity contribution is 0.0725. The highest BCUT2D eigenvalue weighted by atomic mass is 16.5. The van der Waals surface area contributed by atoms with Gasteiger partial charge in [-0.2, -0.15) is 0 Å². The molecule has 0 aromatic heterocycles. The van der Waals surface area contributed by atoms with Gasteiger partial charge in [-0.25, -0.2) is 19.2 Å². The number of rotatable bonds is 12. The van der Waals surface area contributed by atoms with E-state index in [0.29, 0.717) is 67.5 Å². The summed E-state index contributed by atoms with van der Waals surface area (Å²) in [5.74, 6) is 9.36. The van der Waals surface area contributed by atoms with Crippen LogP contribution in [0.2, 0.25) is 0 Å². The highest BCUT2D eigenvalue weighted by molar-refractivity contribution is 5.94. The second-order valence-corrected chi connectivity index (χ2v) is 17.1. The van der Waals surface area contributed by atoms with Gasteiger partial charge in [-0.3, -0.25) is 0 Å². The average Bonchev–Trinajstić information content (AvgIpc) is 3.40. The molecule has 0 fully saturated rings. The molecule has 8 aromatic rings. The first-order valence-corrected chi connectivity index (χ1v) is 22.8. The molecule has 0 N–H and O–H groups in total. The van der Waals surface area contributed by atoms with Crippen LogP contribution in [0.5, 0.6) is 23.0 Å². The fourth-order valence-corrected chi connectivity index (χ4v) is 8.54. The monoisotopic (exact) mass is 952 g/mol. The molecule has 0 heterocycles. The summed E-state index contributed by atoms with van der Waals surface area (Å²) < 4.78 is 23.1. The molecule has 8 rings (SSSR count). The van der Waals surface area contributed by atoms with Gasteiger partial charge >= 0.3 is 23.9 Å². The Morgan fingerprint density at radius 2 is 0.507 bits per heavy atom. The maximum atomic E-state index is 13.7. The third kappa shape index (κ3) is 10.4. The Morgan fingerprint density at radius 1 is 0.315 bits per heavy atom. The third-order valence-electron chi connectivity index (χ3n) is 12.5. The Bertz CT molecular complexity index is 3160. The number of carbonyl (C=O) groups is 4. The lowest BCUT2D eigenvalue weighted by atomic mass is 9.65. The van der Waals surface area contributed by atoms with Gasteiger partial charge in [0.1, 0.15) is 23.0 Å². The third-order valence-corrected chi connectivity index (χ3v) is 12.5. The largest absolute Gasteiger partial charge is 0.423 e. The van der Waals surface area contributed by atoms with Crippen LogP contribution in [0.25, 0.3) is 0 Å². The lowest BCUT2D eigenvalue weighted by Crippen LogP contribution is -2.31. The molecule has 0 aliphatic heterocycles. The Balaban J connectivity index is 1.24. The van der Waals surface area contributed by atoms with Crippen molar-refractivity contribution in [3.8, 4) is 72.4 Å². The van der Waals surface area contributed by atoms with Crippen molar-refractivity contribution >= 4 is 23.9 Å². The van der Waals surface area contributed by atoms with E-state index < -0.39 is 29.3 Å². The summed E-state index contributed by atoms with van der Waals surface area (Å²) in [5, 5.41) is 0. The minimum atomic E-state index is -1.26. The molecule has 8 nitrogen and oxygen atoms in total. The van der Waals surface area contributed by atoms with E-state index in [-0.39, 0.29) is 22.3 Å². The van der Waals surface area contributed by atoms with E-state index in [0.717, 1.165) is 22.3 Å². The molecule has 8 heteroatoms. The summed E-state index contributed by atoms with van der Waals surface area (Å²) in [6, 6.07) is 47.9. The highest BCUT2D eigenvalue weighted by Crippen LogP contribution is 2.46. The van der Waals surface area contributed by atoms with Gasteiger partial charge in [0.2, 0.25) is 0 Å². The first-order chi connectivity index (χ1) is 35.2. The van der Waals surface area contributed by atoms with Crippen molar-refractivity contribution in [2.45, 2.75) is 33.1 Å². The zero-order chi connectivity index (χ0) is 51.8. The summed E-state index contributed by atoms with van der Waals surface area (Å²) in [5.41, 5.74) is 8.27. The van der Waals surface area contributed by atoms with Gasteiger partial charge < -0.3 is 18.9 Å². The minimum Gasteiger partial charge on any atom is -0.423 e. The van der Waals surface area contributed by atoms with E-state index in [1.165, 1.54) is 0 Å². The highest BCUT2D eigenvalue weighted by Gasteiger charge is 2.39. The number of benzene rings is 8. The SMILES string of the molecule is C#Cc1ccc(OC(=O)c2ccc(C(c3ccc(C(=O)Oc4ccc(C#C)c(C)c4)cc3)(c3ccc(C(=O)Oc4ccc(C#C)c(C)c4)cc3)c3ccc(C(=O)Oc4ccc(C#C)c(C)c4)cc3)cc2)cc1C. The predicted octanol–water partition coefficient (Wildman–Crippen LogP) is 12.1. The van der Waals surface area contributed by atoms with Crippen LogP contribution in [0.15, 0.2) is 170 Å². The molecule has 0 atom stereocenters. The predicted molar refractivity (Wildman–Crippen MR) is 281 cm³/mol.